The van der Waals surface area contributed by atoms with Gasteiger partial charge in [-0.15, -0.1) is 11.3 Å². The minimum absolute atomic E-state index is 0.0527. The molecule has 1 aliphatic rings. The summed E-state index contributed by atoms with van der Waals surface area (Å²) in [5.41, 5.74) is 2.44. The number of hydrogen-bond acceptors (Lipinski definition) is 6. The summed E-state index contributed by atoms with van der Waals surface area (Å²) in [6.45, 7) is 6.45. The number of anilines is 2. The SMILES string of the molecule is C=C1N(C)c2ncc(-c3ccc(C(F)F)s3)cc2N1Cc1cc(C)on1. The number of nitrogens with zero attached hydrogens (tertiary/aromatic N) is 4. The highest BCUT2D eigenvalue weighted by Gasteiger charge is 2.30. The summed E-state index contributed by atoms with van der Waals surface area (Å²) >= 11 is 1.08. The Bertz CT molecular complexity index is 981. The van der Waals surface area contributed by atoms with Gasteiger partial charge < -0.3 is 14.3 Å². The van der Waals surface area contributed by atoms with Gasteiger partial charge in [-0.25, -0.2) is 13.8 Å². The van der Waals surface area contributed by atoms with Crippen molar-refractivity contribution in [2.45, 2.75) is 19.9 Å². The predicted molar refractivity (Wildman–Crippen MR) is 97.5 cm³/mol. The Morgan fingerprint density at radius 2 is 2.12 bits per heavy atom. The summed E-state index contributed by atoms with van der Waals surface area (Å²) < 4.78 is 30.9. The fraction of sp³-hybridized carbons (Fsp3) is 0.222. The second-order valence-corrected chi connectivity index (χ2v) is 7.18. The Labute approximate surface area is 153 Å². The Balaban J connectivity index is 1.71. The van der Waals surface area contributed by atoms with E-state index >= 15 is 0 Å². The molecule has 0 amide bonds. The Hall–Kier alpha value is -2.74. The lowest BCUT2D eigenvalue weighted by Gasteiger charge is -2.20. The molecule has 4 rings (SSSR count). The van der Waals surface area contributed by atoms with Gasteiger partial charge in [0.05, 0.1) is 17.1 Å². The van der Waals surface area contributed by atoms with Gasteiger partial charge in [0.15, 0.2) is 5.82 Å². The van der Waals surface area contributed by atoms with Crippen molar-refractivity contribution in [2.24, 2.45) is 0 Å². The molecule has 0 spiro atoms. The van der Waals surface area contributed by atoms with E-state index in [-0.39, 0.29) is 4.88 Å². The molecule has 4 heterocycles. The molecule has 0 bridgehead atoms. The quantitative estimate of drug-likeness (QED) is 0.645. The van der Waals surface area contributed by atoms with E-state index in [1.165, 1.54) is 6.07 Å². The standard InChI is InChI=1S/C18H16F2N4OS/c1-10-6-13(22-25-10)9-24-11(2)23(3)18-14(24)7-12(8-21-18)15-4-5-16(26-15)17(19)20/h4-8,17H,2,9H2,1,3H3. The number of rotatable bonds is 4. The van der Waals surface area contributed by atoms with Gasteiger partial charge in [-0.05, 0) is 25.1 Å². The molecule has 0 unspecified atom stereocenters. The van der Waals surface area contributed by atoms with Crippen LogP contribution in [0.25, 0.3) is 10.4 Å². The first kappa shape index (κ1) is 16.7. The molecular formula is C18H16F2N4OS. The zero-order valence-corrected chi connectivity index (χ0v) is 15.1. The van der Waals surface area contributed by atoms with E-state index < -0.39 is 6.43 Å². The number of hydrogen-bond donors (Lipinski definition) is 0. The fourth-order valence-corrected chi connectivity index (χ4v) is 3.78. The number of pyridine rings is 1. The van der Waals surface area contributed by atoms with Crippen molar-refractivity contribution in [1.82, 2.24) is 10.1 Å². The number of aromatic nitrogens is 2. The third kappa shape index (κ3) is 2.76. The van der Waals surface area contributed by atoms with Gasteiger partial charge in [-0.2, -0.15) is 0 Å². The summed E-state index contributed by atoms with van der Waals surface area (Å²) in [6.07, 6.45) is -0.762. The molecule has 3 aromatic rings. The average molecular weight is 374 g/mol. The summed E-state index contributed by atoms with van der Waals surface area (Å²) in [6, 6.07) is 6.98. The first-order valence-corrected chi connectivity index (χ1v) is 8.76. The molecule has 1 aliphatic heterocycles. The van der Waals surface area contributed by atoms with Gasteiger partial charge in [0.2, 0.25) is 0 Å². The number of thiophene rings is 1. The summed E-state index contributed by atoms with van der Waals surface area (Å²) in [5.74, 6) is 2.28. The molecule has 0 N–H and O–H groups in total. The van der Waals surface area contributed by atoms with Gasteiger partial charge in [-0.1, -0.05) is 11.7 Å². The van der Waals surface area contributed by atoms with Gasteiger partial charge >= 0.3 is 0 Å². The van der Waals surface area contributed by atoms with Crippen LogP contribution < -0.4 is 9.80 Å². The maximum absolute atomic E-state index is 12.9. The monoisotopic (exact) mass is 374 g/mol. The molecule has 0 aromatic carbocycles. The normalized spacial score (nSPS) is 13.8. The number of fused-ring (bicyclic) bond motifs is 1. The third-order valence-electron chi connectivity index (χ3n) is 4.28. The molecule has 0 atom stereocenters. The second kappa shape index (κ2) is 6.21. The van der Waals surface area contributed by atoms with Crippen LogP contribution in [0, 0.1) is 6.92 Å². The highest BCUT2D eigenvalue weighted by Crippen LogP contribution is 2.42. The van der Waals surface area contributed by atoms with Crippen molar-refractivity contribution in [3.8, 4) is 10.4 Å². The van der Waals surface area contributed by atoms with E-state index in [1.54, 1.807) is 12.3 Å². The van der Waals surface area contributed by atoms with E-state index in [0.29, 0.717) is 6.54 Å². The zero-order chi connectivity index (χ0) is 18.4. The maximum atomic E-state index is 12.9. The van der Waals surface area contributed by atoms with Gasteiger partial charge in [0, 0.05) is 29.8 Å². The van der Waals surface area contributed by atoms with Gasteiger partial charge in [0.25, 0.3) is 6.43 Å². The molecule has 0 saturated heterocycles. The molecule has 3 aromatic heterocycles. The maximum Gasteiger partial charge on any atom is 0.272 e. The molecular weight excluding hydrogens is 358 g/mol. The van der Waals surface area contributed by atoms with Crippen molar-refractivity contribution in [2.75, 3.05) is 16.8 Å². The van der Waals surface area contributed by atoms with Crippen molar-refractivity contribution in [3.05, 3.63) is 59.2 Å². The lowest BCUT2D eigenvalue weighted by Crippen LogP contribution is -2.24. The average Bonchev–Trinajstić information content (AvgIpc) is 3.31. The highest BCUT2D eigenvalue weighted by atomic mass is 32.1. The summed E-state index contributed by atoms with van der Waals surface area (Å²) in [5, 5.41) is 4.04. The predicted octanol–water partition coefficient (Wildman–Crippen LogP) is 4.97. The Morgan fingerprint density at radius 1 is 1.31 bits per heavy atom. The van der Waals surface area contributed by atoms with E-state index in [9.17, 15) is 8.78 Å². The van der Waals surface area contributed by atoms with Crippen LogP contribution in [0.3, 0.4) is 0 Å². The minimum atomic E-state index is -2.46. The smallest absolute Gasteiger partial charge is 0.272 e. The minimum Gasteiger partial charge on any atom is -0.361 e. The molecule has 0 aliphatic carbocycles. The lowest BCUT2D eigenvalue weighted by molar-refractivity contribution is 0.155. The van der Waals surface area contributed by atoms with Crippen LogP contribution in [0.1, 0.15) is 22.8 Å². The van der Waals surface area contributed by atoms with Crippen LogP contribution in [-0.2, 0) is 6.54 Å². The number of aryl methyl sites for hydroxylation is 1. The molecule has 5 nitrogen and oxygen atoms in total. The molecule has 134 valence electrons. The lowest BCUT2D eigenvalue weighted by atomic mass is 10.2. The van der Waals surface area contributed by atoms with Crippen molar-refractivity contribution < 1.29 is 13.3 Å². The third-order valence-corrected chi connectivity index (χ3v) is 5.42. The summed E-state index contributed by atoms with van der Waals surface area (Å²) in [7, 11) is 1.89. The first-order valence-electron chi connectivity index (χ1n) is 7.94. The van der Waals surface area contributed by atoms with Crippen molar-refractivity contribution in [3.63, 3.8) is 0 Å². The second-order valence-electron chi connectivity index (χ2n) is 6.06. The van der Waals surface area contributed by atoms with E-state index in [2.05, 4.69) is 16.7 Å². The molecule has 0 radical (unpaired) electrons. The number of halogens is 2. The molecule has 0 fully saturated rings. The topological polar surface area (TPSA) is 45.4 Å². The molecule has 8 heteroatoms. The van der Waals surface area contributed by atoms with Gasteiger partial charge in [0.1, 0.15) is 17.3 Å². The van der Waals surface area contributed by atoms with Gasteiger partial charge in [-0.3, -0.25) is 0 Å². The van der Waals surface area contributed by atoms with Crippen LogP contribution in [-0.4, -0.2) is 17.2 Å². The highest BCUT2D eigenvalue weighted by molar-refractivity contribution is 7.15. The van der Waals surface area contributed by atoms with Crippen LogP contribution in [0.5, 0.6) is 0 Å². The Kier molecular flexibility index (Phi) is 3.99. The van der Waals surface area contributed by atoms with Crippen molar-refractivity contribution >= 4 is 22.8 Å². The van der Waals surface area contributed by atoms with Crippen LogP contribution >= 0.6 is 11.3 Å². The van der Waals surface area contributed by atoms with Crippen LogP contribution in [0.15, 0.2) is 47.4 Å². The van der Waals surface area contributed by atoms with E-state index in [1.807, 2.05) is 35.9 Å². The molecule has 26 heavy (non-hydrogen) atoms. The fourth-order valence-electron chi connectivity index (χ4n) is 2.94. The van der Waals surface area contributed by atoms with Crippen LogP contribution in [0.2, 0.25) is 0 Å². The Morgan fingerprint density at radius 3 is 2.77 bits per heavy atom. The van der Waals surface area contributed by atoms with Crippen LogP contribution in [0.4, 0.5) is 20.3 Å². The summed E-state index contributed by atoms with van der Waals surface area (Å²) in [4.78, 5) is 9.21. The molecule has 0 saturated carbocycles. The zero-order valence-electron chi connectivity index (χ0n) is 14.2. The largest absolute Gasteiger partial charge is 0.361 e. The first-order chi connectivity index (χ1) is 12.4. The van der Waals surface area contributed by atoms with Crippen molar-refractivity contribution in [1.29, 1.82) is 0 Å². The van der Waals surface area contributed by atoms with E-state index in [4.69, 9.17) is 4.52 Å². The number of alkyl halides is 2. The van der Waals surface area contributed by atoms with E-state index in [0.717, 1.165) is 50.6 Å².